The molecule has 1 heterocycles. The molecule has 2 atom stereocenters. The summed E-state index contributed by atoms with van der Waals surface area (Å²) in [4.78, 5) is 5.15. The van der Waals surface area contributed by atoms with E-state index in [4.69, 9.17) is 0 Å². The minimum absolute atomic E-state index is 0. The van der Waals surface area contributed by atoms with Gasteiger partial charge in [-0.2, -0.15) is 11.8 Å². The van der Waals surface area contributed by atoms with Gasteiger partial charge in [0, 0.05) is 35.0 Å². The summed E-state index contributed by atoms with van der Waals surface area (Å²) in [6, 6.07) is 10.2. The Balaban J connectivity index is 0.00000264. The van der Waals surface area contributed by atoms with Crippen molar-refractivity contribution in [2.45, 2.75) is 18.3 Å². The smallest absolute Gasteiger partial charge is 0.191 e. The number of rotatable bonds is 6. The third-order valence-electron chi connectivity index (χ3n) is 3.42. The van der Waals surface area contributed by atoms with Crippen LogP contribution in [0.2, 0.25) is 0 Å². The van der Waals surface area contributed by atoms with Crippen molar-refractivity contribution in [3.63, 3.8) is 0 Å². The Morgan fingerprint density at radius 2 is 2.00 bits per heavy atom. The Hall–Kier alpha value is -0.510. The number of guanidine groups is 1. The van der Waals surface area contributed by atoms with Crippen LogP contribution < -0.4 is 10.6 Å². The lowest BCUT2D eigenvalue weighted by Gasteiger charge is -2.16. The van der Waals surface area contributed by atoms with E-state index in [0.717, 1.165) is 17.4 Å². The summed E-state index contributed by atoms with van der Waals surface area (Å²) < 4.78 is 1.20. The number of nitrogens with zero attached hydrogens (tertiary/aromatic N) is 1. The van der Waals surface area contributed by atoms with Crippen LogP contribution in [0.3, 0.4) is 0 Å². The van der Waals surface area contributed by atoms with E-state index in [1.165, 1.54) is 10.1 Å². The number of aliphatic imine (C=N–C) groups is 1. The Morgan fingerprint density at radius 3 is 2.65 bits per heavy atom. The lowest BCUT2D eigenvalue weighted by Crippen LogP contribution is -2.41. The molecule has 0 fully saturated rings. The van der Waals surface area contributed by atoms with Crippen LogP contribution in [-0.4, -0.2) is 42.7 Å². The van der Waals surface area contributed by atoms with Crippen LogP contribution in [0.5, 0.6) is 0 Å². The molecule has 0 bridgehead atoms. The SMILES string of the molecule is CN=C(NCC(C)SC)NCC(O)c1cc2ccccc2s1.I. The van der Waals surface area contributed by atoms with Crippen molar-refractivity contribution in [2.75, 3.05) is 26.4 Å². The largest absolute Gasteiger partial charge is 0.386 e. The number of hydrogen-bond donors (Lipinski definition) is 3. The van der Waals surface area contributed by atoms with Gasteiger partial charge in [0.05, 0.1) is 0 Å². The molecule has 0 aliphatic rings. The fraction of sp³-hybridized carbons (Fsp3) is 0.438. The molecule has 128 valence electrons. The van der Waals surface area contributed by atoms with E-state index < -0.39 is 6.10 Å². The molecule has 0 radical (unpaired) electrons. The summed E-state index contributed by atoms with van der Waals surface area (Å²) in [7, 11) is 1.74. The molecule has 2 rings (SSSR count). The summed E-state index contributed by atoms with van der Waals surface area (Å²) in [5.41, 5.74) is 0. The average Bonchev–Trinajstić information content (AvgIpc) is 2.98. The molecule has 7 heteroatoms. The van der Waals surface area contributed by atoms with Gasteiger partial charge >= 0.3 is 0 Å². The zero-order chi connectivity index (χ0) is 15.9. The predicted octanol–water partition coefficient (Wildman–Crippen LogP) is 3.47. The molecular weight excluding hydrogens is 441 g/mol. The van der Waals surface area contributed by atoms with Crippen LogP contribution in [0.1, 0.15) is 17.9 Å². The maximum Gasteiger partial charge on any atom is 0.191 e. The minimum Gasteiger partial charge on any atom is -0.386 e. The standard InChI is InChI=1S/C16H23N3OS2.HI/c1-11(21-3)9-18-16(17-2)19-10-13(20)15-8-12-6-4-5-7-14(12)22-15;/h4-8,11,13,20H,9-10H2,1-3H3,(H2,17,18,19);1H. The number of thiophene rings is 1. The van der Waals surface area contributed by atoms with Gasteiger partial charge in [0.25, 0.3) is 0 Å². The summed E-state index contributed by atoms with van der Waals surface area (Å²) in [6.45, 7) is 3.46. The number of aliphatic hydroxyl groups excluding tert-OH is 1. The second-order valence-electron chi connectivity index (χ2n) is 5.08. The monoisotopic (exact) mass is 465 g/mol. The van der Waals surface area contributed by atoms with Crippen LogP contribution in [0, 0.1) is 0 Å². The summed E-state index contributed by atoms with van der Waals surface area (Å²) >= 11 is 3.44. The summed E-state index contributed by atoms with van der Waals surface area (Å²) in [6.07, 6.45) is 1.56. The summed E-state index contributed by atoms with van der Waals surface area (Å²) in [5, 5.41) is 18.5. The predicted molar refractivity (Wildman–Crippen MR) is 115 cm³/mol. The van der Waals surface area contributed by atoms with Gasteiger partial charge in [0.2, 0.25) is 0 Å². The van der Waals surface area contributed by atoms with Gasteiger partial charge in [-0.3, -0.25) is 4.99 Å². The molecule has 0 aliphatic heterocycles. The zero-order valence-corrected chi connectivity index (χ0v) is 17.5. The van der Waals surface area contributed by atoms with Gasteiger partial charge < -0.3 is 15.7 Å². The molecular formula is C16H24IN3OS2. The molecule has 0 saturated heterocycles. The van der Waals surface area contributed by atoms with E-state index in [9.17, 15) is 5.11 Å². The van der Waals surface area contributed by atoms with Gasteiger partial charge in [-0.1, -0.05) is 25.1 Å². The number of fused-ring (bicyclic) bond motifs is 1. The Kier molecular flexibility index (Phi) is 9.26. The van der Waals surface area contributed by atoms with Crippen molar-refractivity contribution in [1.29, 1.82) is 0 Å². The van der Waals surface area contributed by atoms with Gasteiger partial charge in [-0.15, -0.1) is 35.3 Å². The van der Waals surface area contributed by atoms with E-state index in [1.54, 1.807) is 18.4 Å². The molecule has 0 amide bonds. The molecule has 3 N–H and O–H groups in total. The van der Waals surface area contributed by atoms with Gasteiger partial charge in [0.1, 0.15) is 6.10 Å². The van der Waals surface area contributed by atoms with Crippen LogP contribution >= 0.6 is 47.1 Å². The van der Waals surface area contributed by atoms with E-state index >= 15 is 0 Å². The lowest BCUT2D eigenvalue weighted by atomic mass is 10.2. The molecule has 1 aromatic carbocycles. The number of halogens is 1. The van der Waals surface area contributed by atoms with Gasteiger partial charge in [-0.05, 0) is 23.8 Å². The topological polar surface area (TPSA) is 56.7 Å². The van der Waals surface area contributed by atoms with E-state index in [-0.39, 0.29) is 24.0 Å². The van der Waals surface area contributed by atoms with Crippen molar-refractivity contribution < 1.29 is 5.11 Å². The highest BCUT2D eigenvalue weighted by Crippen LogP contribution is 2.29. The highest BCUT2D eigenvalue weighted by molar-refractivity contribution is 14.0. The molecule has 0 spiro atoms. The zero-order valence-electron chi connectivity index (χ0n) is 13.6. The molecule has 23 heavy (non-hydrogen) atoms. The number of benzene rings is 1. The Morgan fingerprint density at radius 1 is 1.30 bits per heavy atom. The van der Waals surface area contributed by atoms with E-state index in [2.05, 4.69) is 47.0 Å². The van der Waals surface area contributed by atoms with Crippen molar-refractivity contribution in [1.82, 2.24) is 10.6 Å². The quantitative estimate of drug-likeness (QED) is 0.348. The highest BCUT2D eigenvalue weighted by Gasteiger charge is 2.12. The molecule has 1 aromatic heterocycles. The van der Waals surface area contributed by atoms with Crippen LogP contribution in [0.15, 0.2) is 35.3 Å². The fourth-order valence-corrected chi connectivity index (χ4v) is 3.31. The molecule has 2 unspecified atom stereocenters. The highest BCUT2D eigenvalue weighted by atomic mass is 127. The van der Waals surface area contributed by atoms with Crippen molar-refractivity contribution >= 4 is 63.1 Å². The second-order valence-corrected chi connectivity index (χ2v) is 7.47. The Labute approximate surface area is 163 Å². The maximum atomic E-state index is 10.4. The Bertz CT molecular complexity index is 600. The third-order valence-corrected chi connectivity index (χ3v) is 5.61. The number of hydrogen-bond acceptors (Lipinski definition) is 4. The molecule has 0 aliphatic carbocycles. The molecule has 2 aromatic rings. The van der Waals surface area contributed by atoms with Crippen molar-refractivity contribution in [2.24, 2.45) is 4.99 Å². The second kappa shape index (κ2) is 10.4. The number of nitrogens with one attached hydrogen (secondary N) is 2. The first-order chi connectivity index (χ1) is 10.6. The first-order valence-electron chi connectivity index (χ1n) is 7.28. The number of aliphatic hydroxyl groups is 1. The van der Waals surface area contributed by atoms with Crippen molar-refractivity contribution in [3.05, 3.63) is 35.2 Å². The van der Waals surface area contributed by atoms with E-state index in [0.29, 0.717) is 11.8 Å². The third kappa shape index (κ3) is 6.13. The van der Waals surface area contributed by atoms with Crippen LogP contribution in [-0.2, 0) is 0 Å². The number of thioether (sulfide) groups is 1. The normalized spacial score (nSPS) is 14.2. The first-order valence-corrected chi connectivity index (χ1v) is 9.38. The average molecular weight is 465 g/mol. The maximum absolute atomic E-state index is 10.4. The van der Waals surface area contributed by atoms with Gasteiger partial charge in [0.15, 0.2) is 5.96 Å². The van der Waals surface area contributed by atoms with Crippen LogP contribution in [0.25, 0.3) is 10.1 Å². The van der Waals surface area contributed by atoms with Crippen LogP contribution in [0.4, 0.5) is 0 Å². The minimum atomic E-state index is -0.533. The first kappa shape index (κ1) is 20.5. The van der Waals surface area contributed by atoms with Gasteiger partial charge in [-0.25, -0.2) is 0 Å². The molecule has 4 nitrogen and oxygen atoms in total. The lowest BCUT2D eigenvalue weighted by molar-refractivity contribution is 0.184. The molecule has 0 saturated carbocycles. The van der Waals surface area contributed by atoms with E-state index in [1.807, 2.05) is 23.9 Å². The summed E-state index contributed by atoms with van der Waals surface area (Å²) in [5.74, 6) is 0.723. The fourth-order valence-electron chi connectivity index (χ4n) is 2.00. The van der Waals surface area contributed by atoms with Crippen molar-refractivity contribution in [3.8, 4) is 0 Å².